The molecule has 9 heteroatoms. The highest BCUT2D eigenvalue weighted by Gasteiger charge is 2.20. The van der Waals surface area contributed by atoms with Crippen molar-refractivity contribution in [1.82, 2.24) is 10.2 Å². The molecule has 0 aliphatic rings. The molecule has 0 saturated heterocycles. The van der Waals surface area contributed by atoms with E-state index in [0.29, 0.717) is 19.5 Å². The molecule has 0 fully saturated rings. The fourth-order valence-corrected chi connectivity index (χ4v) is 4.28. The predicted octanol–water partition coefficient (Wildman–Crippen LogP) is 2.62. The van der Waals surface area contributed by atoms with Crippen LogP contribution in [0, 0.1) is 0 Å². The van der Waals surface area contributed by atoms with Crippen molar-refractivity contribution in [3.05, 3.63) is 51.2 Å². The van der Waals surface area contributed by atoms with Gasteiger partial charge in [-0.3, -0.25) is 9.69 Å². The van der Waals surface area contributed by atoms with Gasteiger partial charge < -0.3 is 5.32 Å². The normalized spacial score (nSPS) is 12.9. The molecule has 27 heavy (non-hydrogen) atoms. The van der Waals surface area contributed by atoms with Crippen LogP contribution in [0.25, 0.3) is 0 Å². The van der Waals surface area contributed by atoms with Gasteiger partial charge in [-0.05, 0) is 49.7 Å². The first kappa shape index (κ1) is 21.8. The van der Waals surface area contributed by atoms with Crippen molar-refractivity contribution in [2.45, 2.75) is 37.8 Å². The number of hydrogen-bond donors (Lipinski definition) is 2. The SMILES string of the molecule is CCN(Cc1ccc(Cl)s1)C(C)C(=O)NCCc1ccc(S(N)(=O)=O)cc1. The summed E-state index contributed by atoms with van der Waals surface area (Å²) in [5.41, 5.74) is 0.927. The standard InChI is InChI=1S/C18H24ClN3O3S2/c1-3-22(12-15-6-9-17(19)26-15)13(2)18(23)21-11-10-14-4-7-16(8-5-14)27(20,24)25/h4-9,13H,3,10-12H2,1-2H3,(H,21,23)(H2,20,24,25). The number of nitrogens with zero attached hydrogens (tertiary/aromatic N) is 1. The van der Waals surface area contributed by atoms with Crippen LogP contribution in [0.2, 0.25) is 4.34 Å². The monoisotopic (exact) mass is 429 g/mol. The van der Waals surface area contributed by atoms with E-state index < -0.39 is 10.0 Å². The lowest BCUT2D eigenvalue weighted by Crippen LogP contribution is -2.45. The van der Waals surface area contributed by atoms with Crippen LogP contribution in [-0.4, -0.2) is 38.4 Å². The third-order valence-electron chi connectivity index (χ3n) is 4.29. The summed E-state index contributed by atoms with van der Waals surface area (Å²) < 4.78 is 23.3. The van der Waals surface area contributed by atoms with Gasteiger partial charge in [0.1, 0.15) is 0 Å². The fraction of sp³-hybridized carbons (Fsp3) is 0.389. The molecule has 0 aliphatic carbocycles. The topological polar surface area (TPSA) is 92.5 Å². The van der Waals surface area contributed by atoms with Crippen LogP contribution in [-0.2, 0) is 27.8 Å². The summed E-state index contributed by atoms with van der Waals surface area (Å²) in [7, 11) is -3.68. The highest BCUT2D eigenvalue weighted by atomic mass is 35.5. The van der Waals surface area contributed by atoms with Crippen molar-refractivity contribution in [2.75, 3.05) is 13.1 Å². The van der Waals surface area contributed by atoms with E-state index in [0.717, 1.165) is 21.3 Å². The fourth-order valence-electron chi connectivity index (χ4n) is 2.65. The zero-order valence-electron chi connectivity index (χ0n) is 15.3. The van der Waals surface area contributed by atoms with E-state index in [1.165, 1.54) is 23.5 Å². The van der Waals surface area contributed by atoms with Crippen LogP contribution in [0.3, 0.4) is 0 Å². The summed E-state index contributed by atoms with van der Waals surface area (Å²) in [6.07, 6.45) is 0.607. The summed E-state index contributed by atoms with van der Waals surface area (Å²) in [6.45, 7) is 5.80. The van der Waals surface area contributed by atoms with Crippen LogP contribution in [0.1, 0.15) is 24.3 Å². The zero-order valence-corrected chi connectivity index (χ0v) is 17.7. The Kier molecular flexibility index (Phi) is 7.81. The van der Waals surface area contributed by atoms with Crippen molar-refractivity contribution < 1.29 is 13.2 Å². The number of sulfonamides is 1. The second-order valence-electron chi connectivity index (χ2n) is 6.17. The summed E-state index contributed by atoms with van der Waals surface area (Å²) in [6, 6.07) is 9.93. The van der Waals surface area contributed by atoms with Gasteiger partial charge in [0, 0.05) is 18.0 Å². The molecule has 0 radical (unpaired) electrons. The second-order valence-corrected chi connectivity index (χ2v) is 9.54. The molecule has 1 amide bonds. The first-order valence-corrected chi connectivity index (χ1v) is 11.3. The number of amides is 1. The molecule has 0 saturated carbocycles. The van der Waals surface area contributed by atoms with E-state index in [1.54, 1.807) is 12.1 Å². The average molecular weight is 430 g/mol. The number of hydrogen-bond acceptors (Lipinski definition) is 5. The predicted molar refractivity (Wildman–Crippen MR) is 109 cm³/mol. The lowest BCUT2D eigenvalue weighted by Gasteiger charge is -2.26. The van der Waals surface area contributed by atoms with Gasteiger partial charge in [-0.1, -0.05) is 30.7 Å². The lowest BCUT2D eigenvalue weighted by atomic mass is 10.1. The Morgan fingerprint density at radius 2 is 1.93 bits per heavy atom. The highest BCUT2D eigenvalue weighted by molar-refractivity contribution is 7.89. The van der Waals surface area contributed by atoms with E-state index in [4.69, 9.17) is 16.7 Å². The molecule has 1 unspecified atom stereocenters. The number of thiophene rings is 1. The van der Waals surface area contributed by atoms with Crippen molar-refractivity contribution >= 4 is 38.9 Å². The molecular formula is C18H24ClN3O3S2. The summed E-state index contributed by atoms with van der Waals surface area (Å²) in [5.74, 6) is -0.0411. The number of benzene rings is 1. The number of primary sulfonamides is 1. The molecule has 1 heterocycles. The molecule has 2 rings (SSSR count). The molecule has 2 aromatic rings. The maximum Gasteiger partial charge on any atom is 0.238 e. The van der Waals surface area contributed by atoms with Gasteiger partial charge in [0.05, 0.1) is 15.3 Å². The Balaban J connectivity index is 1.84. The number of nitrogens with two attached hydrogens (primary N) is 1. The second kappa shape index (κ2) is 9.66. The Bertz CT molecular complexity index is 866. The van der Waals surface area contributed by atoms with Gasteiger partial charge in [0.15, 0.2) is 0 Å². The molecule has 0 aliphatic heterocycles. The van der Waals surface area contributed by atoms with Crippen LogP contribution in [0.5, 0.6) is 0 Å². The van der Waals surface area contributed by atoms with Gasteiger partial charge in [-0.2, -0.15) is 0 Å². The van der Waals surface area contributed by atoms with E-state index in [9.17, 15) is 13.2 Å². The van der Waals surface area contributed by atoms with Crippen LogP contribution in [0.4, 0.5) is 0 Å². The van der Waals surface area contributed by atoms with E-state index >= 15 is 0 Å². The van der Waals surface area contributed by atoms with Gasteiger partial charge in [0.2, 0.25) is 15.9 Å². The summed E-state index contributed by atoms with van der Waals surface area (Å²) in [5, 5.41) is 8.02. The smallest absolute Gasteiger partial charge is 0.238 e. The summed E-state index contributed by atoms with van der Waals surface area (Å²) in [4.78, 5) is 15.7. The first-order chi connectivity index (χ1) is 12.7. The summed E-state index contributed by atoms with van der Waals surface area (Å²) >= 11 is 7.49. The van der Waals surface area contributed by atoms with Crippen LogP contribution < -0.4 is 10.5 Å². The average Bonchev–Trinajstić information content (AvgIpc) is 3.03. The quantitative estimate of drug-likeness (QED) is 0.640. The van der Waals surface area contributed by atoms with Gasteiger partial charge in [0.25, 0.3) is 0 Å². The van der Waals surface area contributed by atoms with Crippen molar-refractivity contribution in [2.24, 2.45) is 5.14 Å². The largest absolute Gasteiger partial charge is 0.354 e. The number of halogens is 1. The molecule has 148 valence electrons. The maximum atomic E-state index is 12.4. The maximum absolute atomic E-state index is 12.4. The molecule has 3 N–H and O–H groups in total. The van der Waals surface area contributed by atoms with Crippen LogP contribution >= 0.6 is 22.9 Å². The Labute approximate surface area is 169 Å². The minimum absolute atomic E-state index is 0.0411. The van der Waals surface area contributed by atoms with Crippen molar-refractivity contribution in [1.29, 1.82) is 0 Å². The Morgan fingerprint density at radius 1 is 1.26 bits per heavy atom. The first-order valence-electron chi connectivity index (χ1n) is 8.58. The molecule has 0 bridgehead atoms. The molecule has 6 nitrogen and oxygen atoms in total. The van der Waals surface area contributed by atoms with E-state index in [-0.39, 0.29) is 16.8 Å². The minimum Gasteiger partial charge on any atom is -0.354 e. The van der Waals surface area contributed by atoms with E-state index in [1.807, 2.05) is 26.0 Å². The number of rotatable bonds is 9. The number of carbonyl (C=O) groups excluding carboxylic acids is 1. The molecule has 1 atom stereocenters. The van der Waals surface area contributed by atoms with Crippen molar-refractivity contribution in [3.63, 3.8) is 0 Å². The van der Waals surface area contributed by atoms with Gasteiger partial charge in [-0.15, -0.1) is 11.3 Å². The van der Waals surface area contributed by atoms with Gasteiger partial charge in [-0.25, -0.2) is 13.6 Å². The van der Waals surface area contributed by atoms with E-state index in [2.05, 4.69) is 10.2 Å². The minimum atomic E-state index is -3.68. The molecule has 1 aromatic carbocycles. The van der Waals surface area contributed by atoms with Crippen LogP contribution in [0.15, 0.2) is 41.3 Å². The lowest BCUT2D eigenvalue weighted by molar-refractivity contribution is -0.126. The Morgan fingerprint density at radius 3 is 2.44 bits per heavy atom. The molecule has 0 spiro atoms. The third kappa shape index (κ3) is 6.58. The molecule has 1 aromatic heterocycles. The number of carbonyl (C=O) groups is 1. The zero-order chi connectivity index (χ0) is 20.0. The number of nitrogens with one attached hydrogen (secondary N) is 1. The molecular weight excluding hydrogens is 406 g/mol. The number of likely N-dealkylation sites (N-methyl/N-ethyl adjacent to an activating group) is 1. The third-order valence-corrected chi connectivity index (χ3v) is 6.43. The van der Waals surface area contributed by atoms with Gasteiger partial charge >= 0.3 is 0 Å². The highest BCUT2D eigenvalue weighted by Crippen LogP contribution is 2.23. The Hall–Kier alpha value is -1.45. The van der Waals surface area contributed by atoms with Crippen molar-refractivity contribution in [3.8, 4) is 0 Å².